The topological polar surface area (TPSA) is 56.8 Å². The Morgan fingerprint density at radius 1 is 0.958 bits per heavy atom. The first-order valence-corrected chi connectivity index (χ1v) is 7.82. The maximum atomic E-state index is 11.8. The molecule has 5 heteroatoms. The summed E-state index contributed by atoms with van der Waals surface area (Å²) in [5.41, 5.74) is 2.25. The second-order valence-corrected chi connectivity index (χ2v) is 5.45. The van der Waals surface area contributed by atoms with Gasteiger partial charge in [-0.3, -0.25) is 4.79 Å². The summed E-state index contributed by atoms with van der Waals surface area (Å²) in [6, 6.07) is 13.3. The van der Waals surface area contributed by atoms with E-state index in [9.17, 15) is 4.79 Å². The zero-order valence-electron chi connectivity index (χ0n) is 14.3. The fourth-order valence-corrected chi connectivity index (χ4v) is 2.08. The summed E-state index contributed by atoms with van der Waals surface area (Å²) < 4.78 is 16.3. The Hall–Kier alpha value is -2.69. The van der Waals surface area contributed by atoms with Gasteiger partial charge in [-0.05, 0) is 43.7 Å². The molecule has 0 aromatic heterocycles. The Morgan fingerprint density at radius 2 is 1.67 bits per heavy atom. The van der Waals surface area contributed by atoms with E-state index >= 15 is 0 Å². The number of amides is 1. The molecule has 0 radical (unpaired) electrons. The lowest BCUT2D eigenvalue weighted by atomic mass is 10.2. The van der Waals surface area contributed by atoms with E-state index in [4.69, 9.17) is 14.2 Å². The van der Waals surface area contributed by atoms with Crippen LogP contribution in [0.2, 0.25) is 0 Å². The lowest BCUT2D eigenvalue weighted by Crippen LogP contribution is -2.32. The highest BCUT2D eigenvalue weighted by Gasteiger charge is 2.07. The Kier molecular flexibility index (Phi) is 6.49. The van der Waals surface area contributed by atoms with Gasteiger partial charge in [-0.25, -0.2) is 0 Å². The van der Waals surface area contributed by atoms with Crippen LogP contribution in [0.15, 0.2) is 42.5 Å². The van der Waals surface area contributed by atoms with Crippen molar-refractivity contribution in [3.63, 3.8) is 0 Å². The SMILES string of the molecule is COc1cc(C)ccc1OCC(=O)NCCOc1ccc(C)cc1. The summed E-state index contributed by atoms with van der Waals surface area (Å²) in [6.45, 7) is 4.74. The maximum Gasteiger partial charge on any atom is 0.258 e. The summed E-state index contributed by atoms with van der Waals surface area (Å²) >= 11 is 0. The molecule has 2 rings (SSSR count). The van der Waals surface area contributed by atoms with Crippen LogP contribution in [0, 0.1) is 13.8 Å². The van der Waals surface area contributed by atoms with E-state index in [0.29, 0.717) is 24.7 Å². The number of carbonyl (C=O) groups is 1. The molecule has 0 saturated heterocycles. The molecule has 0 atom stereocenters. The minimum Gasteiger partial charge on any atom is -0.493 e. The van der Waals surface area contributed by atoms with Crippen LogP contribution in [-0.4, -0.2) is 32.8 Å². The van der Waals surface area contributed by atoms with E-state index < -0.39 is 0 Å². The zero-order valence-corrected chi connectivity index (χ0v) is 14.3. The number of methoxy groups -OCH3 is 1. The molecule has 1 N–H and O–H groups in total. The molecule has 0 saturated carbocycles. The first kappa shape index (κ1) is 17.7. The van der Waals surface area contributed by atoms with Crippen molar-refractivity contribution in [1.29, 1.82) is 0 Å². The summed E-state index contributed by atoms with van der Waals surface area (Å²) in [5, 5.41) is 2.75. The van der Waals surface area contributed by atoms with E-state index in [1.807, 2.05) is 50.2 Å². The fourth-order valence-electron chi connectivity index (χ4n) is 2.08. The molecule has 0 unspecified atom stereocenters. The number of hydrogen-bond donors (Lipinski definition) is 1. The van der Waals surface area contributed by atoms with Crippen LogP contribution >= 0.6 is 0 Å². The van der Waals surface area contributed by atoms with Crippen molar-refractivity contribution in [2.24, 2.45) is 0 Å². The molecule has 0 spiro atoms. The summed E-state index contributed by atoms with van der Waals surface area (Å²) in [7, 11) is 1.57. The quantitative estimate of drug-likeness (QED) is 0.757. The highest BCUT2D eigenvalue weighted by Crippen LogP contribution is 2.27. The van der Waals surface area contributed by atoms with Gasteiger partial charge in [-0.15, -0.1) is 0 Å². The highest BCUT2D eigenvalue weighted by atomic mass is 16.5. The van der Waals surface area contributed by atoms with Crippen molar-refractivity contribution in [1.82, 2.24) is 5.32 Å². The van der Waals surface area contributed by atoms with Crippen LogP contribution in [-0.2, 0) is 4.79 Å². The van der Waals surface area contributed by atoms with Crippen molar-refractivity contribution in [2.45, 2.75) is 13.8 Å². The Balaban J connectivity index is 1.69. The molecule has 0 aliphatic rings. The first-order valence-electron chi connectivity index (χ1n) is 7.82. The van der Waals surface area contributed by atoms with Crippen molar-refractivity contribution in [3.05, 3.63) is 53.6 Å². The number of ether oxygens (including phenoxy) is 3. The third kappa shape index (κ3) is 5.50. The highest BCUT2D eigenvalue weighted by molar-refractivity contribution is 5.77. The molecule has 0 bridgehead atoms. The number of carbonyl (C=O) groups excluding carboxylic acids is 1. The lowest BCUT2D eigenvalue weighted by molar-refractivity contribution is -0.123. The van der Waals surface area contributed by atoms with E-state index in [-0.39, 0.29) is 12.5 Å². The molecule has 2 aromatic rings. The molecule has 1 amide bonds. The molecule has 0 fully saturated rings. The second kappa shape index (κ2) is 8.82. The third-order valence-corrected chi connectivity index (χ3v) is 3.39. The van der Waals surface area contributed by atoms with Gasteiger partial charge in [0, 0.05) is 0 Å². The van der Waals surface area contributed by atoms with E-state index in [1.165, 1.54) is 5.56 Å². The van der Waals surface area contributed by atoms with Crippen LogP contribution < -0.4 is 19.5 Å². The van der Waals surface area contributed by atoms with E-state index in [2.05, 4.69) is 5.32 Å². The number of hydrogen-bond acceptors (Lipinski definition) is 4. The van der Waals surface area contributed by atoms with Gasteiger partial charge in [-0.1, -0.05) is 23.8 Å². The molecular formula is C19H23NO4. The Bertz CT molecular complexity index is 668. The van der Waals surface area contributed by atoms with Crippen molar-refractivity contribution in [3.8, 4) is 17.2 Å². The Labute approximate surface area is 142 Å². The molecule has 2 aromatic carbocycles. The lowest BCUT2D eigenvalue weighted by Gasteiger charge is -2.11. The average molecular weight is 329 g/mol. The smallest absolute Gasteiger partial charge is 0.258 e. The van der Waals surface area contributed by atoms with Gasteiger partial charge in [0.15, 0.2) is 18.1 Å². The Morgan fingerprint density at radius 3 is 2.38 bits per heavy atom. The van der Waals surface area contributed by atoms with Crippen LogP contribution in [0.1, 0.15) is 11.1 Å². The van der Waals surface area contributed by atoms with Gasteiger partial charge in [0.05, 0.1) is 13.7 Å². The number of nitrogens with one attached hydrogen (secondary N) is 1. The van der Waals surface area contributed by atoms with E-state index in [1.54, 1.807) is 13.2 Å². The molecule has 0 heterocycles. The maximum absolute atomic E-state index is 11.8. The number of aryl methyl sites for hydroxylation is 2. The molecule has 24 heavy (non-hydrogen) atoms. The summed E-state index contributed by atoms with van der Waals surface area (Å²) in [6.07, 6.45) is 0. The zero-order chi connectivity index (χ0) is 17.4. The van der Waals surface area contributed by atoms with Gasteiger partial charge in [0.1, 0.15) is 12.4 Å². The van der Waals surface area contributed by atoms with Crippen molar-refractivity contribution >= 4 is 5.91 Å². The van der Waals surface area contributed by atoms with Gasteiger partial charge >= 0.3 is 0 Å². The monoisotopic (exact) mass is 329 g/mol. The second-order valence-electron chi connectivity index (χ2n) is 5.45. The van der Waals surface area contributed by atoms with Crippen LogP contribution in [0.5, 0.6) is 17.2 Å². The van der Waals surface area contributed by atoms with Crippen LogP contribution in [0.3, 0.4) is 0 Å². The van der Waals surface area contributed by atoms with Gasteiger partial charge in [-0.2, -0.15) is 0 Å². The predicted octanol–water partition coefficient (Wildman–Crippen LogP) is 2.89. The normalized spacial score (nSPS) is 10.1. The first-order chi connectivity index (χ1) is 11.6. The standard InChI is InChI=1S/C19H23NO4/c1-14-4-7-16(8-5-14)23-11-10-20-19(21)13-24-17-9-6-15(2)12-18(17)22-3/h4-9,12H,10-11,13H2,1-3H3,(H,20,21). The molecule has 128 valence electrons. The molecular weight excluding hydrogens is 306 g/mol. The van der Waals surface area contributed by atoms with Crippen LogP contribution in [0.25, 0.3) is 0 Å². The summed E-state index contributed by atoms with van der Waals surface area (Å²) in [4.78, 5) is 11.8. The van der Waals surface area contributed by atoms with Crippen LogP contribution in [0.4, 0.5) is 0 Å². The number of rotatable bonds is 8. The number of benzene rings is 2. The van der Waals surface area contributed by atoms with Crippen molar-refractivity contribution < 1.29 is 19.0 Å². The third-order valence-electron chi connectivity index (χ3n) is 3.39. The fraction of sp³-hybridized carbons (Fsp3) is 0.316. The largest absolute Gasteiger partial charge is 0.493 e. The summed E-state index contributed by atoms with van der Waals surface area (Å²) in [5.74, 6) is 1.75. The van der Waals surface area contributed by atoms with Gasteiger partial charge in [0.25, 0.3) is 5.91 Å². The molecule has 5 nitrogen and oxygen atoms in total. The van der Waals surface area contributed by atoms with E-state index in [0.717, 1.165) is 11.3 Å². The van der Waals surface area contributed by atoms with Gasteiger partial charge < -0.3 is 19.5 Å². The van der Waals surface area contributed by atoms with Gasteiger partial charge in [0.2, 0.25) is 0 Å². The predicted molar refractivity (Wildman–Crippen MR) is 92.9 cm³/mol. The average Bonchev–Trinajstić information content (AvgIpc) is 2.59. The minimum atomic E-state index is -0.204. The minimum absolute atomic E-state index is 0.0655. The van der Waals surface area contributed by atoms with Crippen molar-refractivity contribution in [2.75, 3.05) is 26.9 Å². The molecule has 0 aliphatic carbocycles. The molecule has 0 aliphatic heterocycles.